The third-order valence-electron chi connectivity index (χ3n) is 3.89. The summed E-state index contributed by atoms with van der Waals surface area (Å²) in [5, 5.41) is 0.801. The molecule has 0 aliphatic rings. The monoisotopic (exact) mass is 341 g/mol. The second kappa shape index (κ2) is 8.67. The maximum Gasteiger partial charge on any atom is 0.245 e. The summed E-state index contributed by atoms with van der Waals surface area (Å²) < 4.78 is 9.90. The number of nitrogens with zero attached hydrogens (tertiary/aromatic N) is 2. The molecule has 2 aromatic carbocycles. The van der Waals surface area contributed by atoms with Gasteiger partial charge in [0.05, 0.1) is 6.61 Å². The second-order valence-electron chi connectivity index (χ2n) is 5.82. The van der Waals surface area contributed by atoms with Gasteiger partial charge < -0.3 is 4.74 Å². The minimum Gasteiger partial charge on any atom is -0.342 e. The van der Waals surface area contributed by atoms with Crippen molar-refractivity contribution in [3.05, 3.63) is 89.5 Å². The number of ether oxygens (including phenoxy) is 1. The third-order valence-corrected chi connectivity index (χ3v) is 4.26. The van der Waals surface area contributed by atoms with Crippen molar-refractivity contribution in [2.75, 3.05) is 6.61 Å². The standard InChI is InChI=1S/C20H22ClN2O/c21-20-11-5-4-10-19(20)15-22-12-13-23(16-22)17-24-14-6-9-18-7-2-1-3-8-18/h1-5,7-8,10-13,16H,6,9,14-15,17H2/q+1. The van der Waals surface area contributed by atoms with Crippen LogP contribution in [0.5, 0.6) is 0 Å². The first-order valence-electron chi connectivity index (χ1n) is 8.21. The summed E-state index contributed by atoms with van der Waals surface area (Å²) in [6.45, 7) is 2.10. The molecule has 0 atom stereocenters. The number of aromatic nitrogens is 2. The van der Waals surface area contributed by atoms with Crippen LogP contribution in [-0.2, 0) is 24.4 Å². The number of hydrogen-bond acceptors (Lipinski definition) is 1. The molecule has 0 radical (unpaired) electrons. The molecular formula is C20H22ClN2O+. The van der Waals surface area contributed by atoms with Crippen LogP contribution in [-0.4, -0.2) is 11.2 Å². The Bertz CT molecular complexity index is 755. The first-order chi connectivity index (χ1) is 11.8. The molecule has 0 bridgehead atoms. The fraction of sp³-hybridized carbons (Fsp3) is 0.250. The second-order valence-corrected chi connectivity index (χ2v) is 6.23. The average molecular weight is 342 g/mol. The molecule has 124 valence electrons. The maximum absolute atomic E-state index is 6.21. The summed E-state index contributed by atoms with van der Waals surface area (Å²) in [6.07, 6.45) is 8.19. The lowest BCUT2D eigenvalue weighted by Crippen LogP contribution is -2.31. The molecule has 0 aliphatic carbocycles. The third kappa shape index (κ3) is 4.95. The molecule has 3 rings (SSSR count). The molecule has 0 amide bonds. The van der Waals surface area contributed by atoms with E-state index in [-0.39, 0.29) is 0 Å². The van der Waals surface area contributed by atoms with Gasteiger partial charge in [-0.15, -0.1) is 0 Å². The Morgan fingerprint density at radius 2 is 1.79 bits per heavy atom. The fourth-order valence-electron chi connectivity index (χ4n) is 2.62. The molecule has 3 nitrogen and oxygen atoms in total. The van der Waals surface area contributed by atoms with Crippen LogP contribution in [0, 0.1) is 0 Å². The van der Waals surface area contributed by atoms with Gasteiger partial charge in [-0.1, -0.05) is 60.1 Å². The predicted molar refractivity (Wildman–Crippen MR) is 95.9 cm³/mol. The number of halogens is 1. The van der Waals surface area contributed by atoms with Gasteiger partial charge in [0.25, 0.3) is 0 Å². The van der Waals surface area contributed by atoms with Gasteiger partial charge in [-0.25, -0.2) is 9.13 Å². The van der Waals surface area contributed by atoms with Crippen LogP contribution in [0.4, 0.5) is 0 Å². The van der Waals surface area contributed by atoms with E-state index < -0.39 is 0 Å². The quantitative estimate of drug-likeness (QED) is 0.446. The summed E-state index contributed by atoms with van der Waals surface area (Å²) in [4.78, 5) is 0. The largest absolute Gasteiger partial charge is 0.342 e. The minimum atomic E-state index is 0.574. The maximum atomic E-state index is 6.21. The Hall–Kier alpha value is -2.10. The first-order valence-corrected chi connectivity index (χ1v) is 8.59. The molecule has 0 saturated carbocycles. The van der Waals surface area contributed by atoms with Crippen LogP contribution in [0.15, 0.2) is 73.3 Å². The van der Waals surface area contributed by atoms with Gasteiger partial charge in [-0.05, 0) is 24.5 Å². The van der Waals surface area contributed by atoms with Gasteiger partial charge in [0.1, 0.15) is 18.9 Å². The normalized spacial score (nSPS) is 10.9. The van der Waals surface area contributed by atoms with E-state index in [0.717, 1.165) is 36.6 Å². The van der Waals surface area contributed by atoms with Gasteiger partial charge in [-0.3, -0.25) is 0 Å². The van der Waals surface area contributed by atoms with Gasteiger partial charge in [0.15, 0.2) is 6.73 Å². The summed E-state index contributed by atoms with van der Waals surface area (Å²) >= 11 is 6.21. The summed E-state index contributed by atoms with van der Waals surface area (Å²) in [5.41, 5.74) is 2.48. The number of imidazole rings is 1. The minimum absolute atomic E-state index is 0.574. The van der Waals surface area contributed by atoms with E-state index in [1.165, 1.54) is 5.56 Å². The molecular weight excluding hydrogens is 320 g/mol. The van der Waals surface area contributed by atoms with E-state index in [4.69, 9.17) is 16.3 Å². The van der Waals surface area contributed by atoms with Gasteiger partial charge in [0.2, 0.25) is 6.33 Å². The van der Waals surface area contributed by atoms with Crippen molar-refractivity contribution >= 4 is 11.6 Å². The predicted octanol–water partition coefficient (Wildman–Crippen LogP) is 4.08. The molecule has 4 heteroatoms. The molecule has 1 aromatic heterocycles. The van der Waals surface area contributed by atoms with Gasteiger partial charge >= 0.3 is 0 Å². The first kappa shape index (κ1) is 16.7. The highest BCUT2D eigenvalue weighted by molar-refractivity contribution is 6.31. The zero-order valence-corrected chi connectivity index (χ0v) is 14.4. The van der Waals surface area contributed by atoms with E-state index in [0.29, 0.717) is 6.73 Å². The van der Waals surface area contributed by atoms with Crippen molar-refractivity contribution < 1.29 is 9.30 Å². The molecule has 24 heavy (non-hydrogen) atoms. The number of rotatable bonds is 8. The Labute approximate surface area is 148 Å². The molecule has 0 fully saturated rings. The van der Waals surface area contributed by atoms with Crippen molar-refractivity contribution in [2.45, 2.75) is 26.1 Å². The zero-order chi connectivity index (χ0) is 16.6. The summed E-state index contributed by atoms with van der Waals surface area (Å²) in [5.74, 6) is 0. The fourth-order valence-corrected chi connectivity index (χ4v) is 2.82. The van der Waals surface area contributed by atoms with Crippen molar-refractivity contribution in [3.63, 3.8) is 0 Å². The van der Waals surface area contributed by atoms with Crippen LogP contribution in [0.3, 0.4) is 0 Å². The van der Waals surface area contributed by atoms with E-state index in [2.05, 4.69) is 28.8 Å². The lowest BCUT2D eigenvalue weighted by atomic mass is 10.1. The topological polar surface area (TPSA) is 18.0 Å². The van der Waals surface area contributed by atoms with E-state index in [1.54, 1.807) is 0 Å². The molecule has 1 heterocycles. The molecule has 0 aliphatic heterocycles. The van der Waals surface area contributed by atoms with Crippen LogP contribution >= 0.6 is 11.6 Å². The Kier molecular flexibility index (Phi) is 6.05. The summed E-state index contributed by atoms with van der Waals surface area (Å²) in [6, 6.07) is 18.4. The number of aryl methyl sites for hydroxylation is 1. The average Bonchev–Trinajstić information content (AvgIpc) is 3.05. The van der Waals surface area contributed by atoms with Crippen molar-refractivity contribution in [1.82, 2.24) is 4.57 Å². The number of benzene rings is 2. The highest BCUT2D eigenvalue weighted by Gasteiger charge is 2.07. The van der Waals surface area contributed by atoms with Crippen LogP contribution in [0.2, 0.25) is 5.02 Å². The SMILES string of the molecule is Clc1ccccc1C[n+]1ccn(COCCCc2ccccc2)c1. The Morgan fingerprint density at radius 1 is 1.00 bits per heavy atom. The highest BCUT2D eigenvalue weighted by Crippen LogP contribution is 2.14. The Balaban J connectivity index is 1.41. The van der Waals surface area contributed by atoms with Crippen molar-refractivity contribution in [2.24, 2.45) is 0 Å². The van der Waals surface area contributed by atoms with E-state index in [9.17, 15) is 0 Å². The molecule has 0 unspecified atom stereocenters. The highest BCUT2D eigenvalue weighted by atomic mass is 35.5. The van der Waals surface area contributed by atoms with Crippen LogP contribution in [0.1, 0.15) is 17.5 Å². The lowest BCUT2D eigenvalue weighted by Gasteiger charge is -2.02. The molecule has 3 aromatic rings. The van der Waals surface area contributed by atoms with E-state index >= 15 is 0 Å². The molecule has 0 spiro atoms. The van der Waals surface area contributed by atoms with Crippen molar-refractivity contribution in [3.8, 4) is 0 Å². The summed E-state index contributed by atoms with van der Waals surface area (Å²) in [7, 11) is 0. The van der Waals surface area contributed by atoms with Gasteiger partial charge in [-0.2, -0.15) is 0 Å². The zero-order valence-electron chi connectivity index (χ0n) is 13.6. The molecule has 0 saturated heterocycles. The van der Waals surface area contributed by atoms with Crippen LogP contribution in [0.25, 0.3) is 0 Å². The van der Waals surface area contributed by atoms with Gasteiger partial charge in [0, 0.05) is 10.6 Å². The van der Waals surface area contributed by atoms with E-state index in [1.807, 2.05) is 53.6 Å². The Morgan fingerprint density at radius 3 is 2.62 bits per heavy atom. The van der Waals surface area contributed by atoms with Crippen LogP contribution < -0.4 is 4.57 Å². The van der Waals surface area contributed by atoms with Crippen molar-refractivity contribution in [1.29, 1.82) is 0 Å². The lowest BCUT2D eigenvalue weighted by molar-refractivity contribution is -0.688. The molecule has 0 N–H and O–H groups in total. The smallest absolute Gasteiger partial charge is 0.245 e. The number of hydrogen-bond donors (Lipinski definition) is 0.